The van der Waals surface area contributed by atoms with Crippen molar-refractivity contribution in [3.05, 3.63) is 36.4 Å². The van der Waals surface area contributed by atoms with Gasteiger partial charge in [-0.05, 0) is 30.0 Å². The van der Waals surface area contributed by atoms with E-state index in [9.17, 15) is 8.42 Å². The van der Waals surface area contributed by atoms with Crippen molar-refractivity contribution in [2.75, 3.05) is 45.9 Å². The van der Waals surface area contributed by atoms with Gasteiger partial charge in [0.1, 0.15) is 0 Å². The first-order chi connectivity index (χ1) is 11.1. The Bertz CT molecular complexity index is 628. The quantitative estimate of drug-likeness (QED) is 0.821. The van der Waals surface area contributed by atoms with Gasteiger partial charge in [-0.15, -0.1) is 0 Å². The third-order valence-corrected chi connectivity index (χ3v) is 6.54. The average Bonchev–Trinajstić information content (AvgIpc) is 3.08. The van der Waals surface area contributed by atoms with Crippen LogP contribution >= 0.6 is 0 Å². The summed E-state index contributed by atoms with van der Waals surface area (Å²) in [6.07, 6.45) is 2.83. The van der Waals surface area contributed by atoms with E-state index in [4.69, 9.17) is 4.74 Å². The number of benzene rings is 1. The van der Waals surface area contributed by atoms with E-state index in [1.807, 2.05) is 0 Å². The normalized spacial score (nSPS) is 23.9. The smallest absolute Gasteiger partial charge is 0.243 e. The average molecular weight is 336 g/mol. The second kappa shape index (κ2) is 7.13. The van der Waals surface area contributed by atoms with Crippen molar-refractivity contribution < 1.29 is 13.2 Å². The van der Waals surface area contributed by atoms with E-state index in [-0.39, 0.29) is 0 Å². The van der Waals surface area contributed by atoms with E-state index in [0.717, 1.165) is 44.8 Å². The molecular formula is C17H24N2O3S. The molecular weight excluding hydrogens is 312 g/mol. The predicted molar refractivity (Wildman–Crippen MR) is 90.7 cm³/mol. The first-order valence-corrected chi connectivity index (χ1v) is 9.56. The Labute approximate surface area is 138 Å². The third-order valence-electron chi connectivity index (χ3n) is 4.63. The SMILES string of the molecule is C=Cc1ccc(S(=O)(=O)N2CCN(CC3CCOC3)CC2)cc1. The van der Waals surface area contributed by atoms with Gasteiger partial charge in [0.25, 0.3) is 0 Å². The summed E-state index contributed by atoms with van der Waals surface area (Å²) < 4.78 is 32.4. The van der Waals surface area contributed by atoms with Crippen LogP contribution in [0.15, 0.2) is 35.7 Å². The number of hydrogen-bond acceptors (Lipinski definition) is 4. The molecule has 1 aromatic rings. The van der Waals surface area contributed by atoms with Crippen LogP contribution in [0.25, 0.3) is 6.08 Å². The summed E-state index contributed by atoms with van der Waals surface area (Å²) in [6.45, 7) is 9.10. The molecule has 23 heavy (non-hydrogen) atoms. The van der Waals surface area contributed by atoms with Gasteiger partial charge in [-0.25, -0.2) is 8.42 Å². The van der Waals surface area contributed by atoms with Gasteiger partial charge in [-0.3, -0.25) is 0 Å². The molecule has 6 heteroatoms. The molecule has 5 nitrogen and oxygen atoms in total. The van der Waals surface area contributed by atoms with Crippen LogP contribution < -0.4 is 0 Å². The van der Waals surface area contributed by atoms with E-state index in [1.54, 1.807) is 34.6 Å². The summed E-state index contributed by atoms with van der Waals surface area (Å²) >= 11 is 0. The van der Waals surface area contributed by atoms with Gasteiger partial charge in [-0.2, -0.15) is 4.31 Å². The van der Waals surface area contributed by atoms with E-state index in [0.29, 0.717) is 23.9 Å². The molecule has 126 valence electrons. The highest BCUT2D eigenvalue weighted by Crippen LogP contribution is 2.20. The van der Waals surface area contributed by atoms with Crippen LogP contribution in [0.1, 0.15) is 12.0 Å². The lowest BCUT2D eigenvalue weighted by atomic mass is 10.1. The van der Waals surface area contributed by atoms with Gasteiger partial charge in [0.2, 0.25) is 10.0 Å². The van der Waals surface area contributed by atoms with Crippen molar-refractivity contribution >= 4 is 16.1 Å². The van der Waals surface area contributed by atoms with Crippen LogP contribution in [0.4, 0.5) is 0 Å². The maximum absolute atomic E-state index is 12.7. The van der Waals surface area contributed by atoms with E-state index in [2.05, 4.69) is 11.5 Å². The molecule has 0 aliphatic carbocycles. The molecule has 3 rings (SSSR count). The Morgan fingerprint density at radius 2 is 1.87 bits per heavy atom. The molecule has 1 unspecified atom stereocenters. The monoisotopic (exact) mass is 336 g/mol. The van der Waals surface area contributed by atoms with Gasteiger partial charge in [0.05, 0.1) is 11.5 Å². The fraction of sp³-hybridized carbons (Fsp3) is 0.529. The molecule has 0 radical (unpaired) electrons. The van der Waals surface area contributed by atoms with Crippen LogP contribution in [0.5, 0.6) is 0 Å². The molecule has 1 atom stereocenters. The summed E-state index contributed by atoms with van der Waals surface area (Å²) in [5, 5.41) is 0. The minimum Gasteiger partial charge on any atom is -0.381 e. The highest BCUT2D eigenvalue weighted by atomic mass is 32.2. The zero-order chi connectivity index (χ0) is 16.3. The second-order valence-electron chi connectivity index (χ2n) is 6.21. The Hall–Kier alpha value is -1.21. The van der Waals surface area contributed by atoms with Crippen LogP contribution in [-0.4, -0.2) is 63.6 Å². The maximum Gasteiger partial charge on any atom is 0.243 e. The van der Waals surface area contributed by atoms with Gasteiger partial charge in [0.15, 0.2) is 0 Å². The molecule has 2 aliphatic rings. The lowest BCUT2D eigenvalue weighted by Gasteiger charge is -2.35. The molecule has 0 saturated carbocycles. The minimum atomic E-state index is -3.39. The number of ether oxygens (including phenoxy) is 1. The number of hydrogen-bond donors (Lipinski definition) is 0. The first kappa shape index (κ1) is 16.6. The fourth-order valence-corrected chi connectivity index (χ4v) is 4.59. The molecule has 1 aromatic carbocycles. The van der Waals surface area contributed by atoms with Gasteiger partial charge >= 0.3 is 0 Å². The van der Waals surface area contributed by atoms with Crippen molar-refractivity contribution in [3.63, 3.8) is 0 Å². The summed E-state index contributed by atoms with van der Waals surface area (Å²) in [5.74, 6) is 0.601. The highest BCUT2D eigenvalue weighted by molar-refractivity contribution is 7.89. The standard InChI is InChI=1S/C17H24N2O3S/c1-2-15-3-5-17(6-4-15)23(20,21)19-10-8-18(9-11-19)13-16-7-12-22-14-16/h2-6,16H,1,7-14H2. The number of rotatable bonds is 5. The van der Waals surface area contributed by atoms with Crippen LogP contribution in [0, 0.1) is 5.92 Å². The largest absolute Gasteiger partial charge is 0.381 e. The van der Waals surface area contributed by atoms with Gasteiger partial charge < -0.3 is 9.64 Å². The molecule has 2 fully saturated rings. The van der Waals surface area contributed by atoms with E-state index >= 15 is 0 Å². The third kappa shape index (κ3) is 3.83. The Morgan fingerprint density at radius 3 is 2.43 bits per heavy atom. The molecule has 0 amide bonds. The van der Waals surface area contributed by atoms with E-state index < -0.39 is 10.0 Å². The minimum absolute atomic E-state index is 0.362. The number of nitrogens with zero attached hydrogens (tertiary/aromatic N) is 2. The Morgan fingerprint density at radius 1 is 1.17 bits per heavy atom. The number of piperazine rings is 1. The molecule has 0 aromatic heterocycles. The van der Waals surface area contributed by atoms with Crippen molar-refractivity contribution in [1.29, 1.82) is 0 Å². The summed E-state index contributed by atoms with van der Waals surface area (Å²) in [7, 11) is -3.39. The summed E-state index contributed by atoms with van der Waals surface area (Å²) in [5.41, 5.74) is 0.924. The van der Waals surface area contributed by atoms with Crippen molar-refractivity contribution in [1.82, 2.24) is 9.21 Å². The zero-order valence-corrected chi connectivity index (χ0v) is 14.2. The summed E-state index contributed by atoms with van der Waals surface area (Å²) in [6, 6.07) is 6.90. The zero-order valence-electron chi connectivity index (χ0n) is 13.4. The summed E-state index contributed by atoms with van der Waals surface area (Å²) in [4.78, 5) is 2.72. The first-order valence-electron chi connectivity index (χ1n) is 8.12. The molecule has 0 bridgehead atoms. The topological polar surface area (TPSA) is 49.9 Å². The molecule has 2 aliphatic heterocycles. The van der Waals surface area contributed by atoms with Crippen LogP contribution in [-0.2, 0) is 14.8 Å². The highest BCUT2D eigenvalue weighted by Gasteiger charge is 2.29. The van der Waals surface area contributed by atoms with E-state index in [1.165, 1.54) is 0 Å². The van der Waals surface area contributed by atoms with Crippen molar-refractivity contribution in [2.24, 2.45) is 5.92 Å². The second-order valence-corrected chi connectivity index (χ2v) is 8.15. The molecule has 2 heterocycles. The maximum atomic E-state index is 12.7. The lowest BCUT2D eigenvalue weighted by Crippen LogP contribution is -2.49. The molecule has 0 spiro atoms. The van der Waals surface area contributed by atoms with Gasteiger partial charge in [0, 0.05) is 39.3 Å². The molecule has 2 saturated heterocycles. The number of sulfonamides is 1. The van der Waals surface area contributed by atoms with Gasteiger partial charge in [-0.1, -0.05) is 24.8 Å². The lowest BCUT2D eigenvalue weighted by molar-refractivity contribution is 0.143. The van der Waals surface area contributed by atoms with Crippen molar-refractivity contribution in [3.8, 4) is 0 Å². The Kier molecular flexibility index (Phi) is 5.16. The fourth-order valence-electron chi connectivity index (χ4n) is 3.17. The van der Waals surface area contributed by atoms with Crippen LogP contribution in [0.3, 0.4) is 0 Å². The molecule has 0 N–H and O–H groups in total. The predicted octanol–water partition coefficient (Wildman–Crippen LogP) is 1.67. The van der Waals surface area contributed by atoms with Crippen LogP contribution in [0.2, 0.25) is 0 Å². The Balaban J connectivity index is 1.59. The van der Waals surface area contributed by atoms with Crippen molar-refractivity contribution in [2.45, 2.75) is 11.3 Å².